The highest BCUT2D eigenvalue weighted by molar-refractivity contribution is 7.09. The van der Waals surface area contributed by atoms with Crippen LogP contribution in [-0.2, 0) is 10.2 Å². The molecule has 126 valence electrons. The molecule has 2 bridgehead atoms. The molecule has 0 aliphatic heterocycles. The second-order valence-corrected chi connectivity index (χ2v) is 7.84. The maximum absolute atomic E-state index is 12.1. The maximum Gasteiger partial charge on any atom is 0.522 e. The van der Waals surface area contributed by atoms with Crippen LogP contribution in [0.4, 0.5) is 18.0 Å². The zero-order chi connectivity index (χ0) is 16.5. The zero-order valence-corrected chi connectivity index (χ0v) is 12.8. The number of aromatic nitrogens is 1. The number of ether oxygens (including phenoxy) is 1. The highest BCUT2D eigenvalue weighted by Gasteiger charge is 2.70. The van der Waals surface area contributed by atoms with Crippen molar-refractivity contribution in [2.45, 2.75) is 61.4 Å². The van der Waals surface area contributed by atoms with Gasteiger partial charge in [-0.1, -0.05) is 0 Å². The summed E-state index contributed by atoms with van der Waals surface area (Å²) >= 11 is 1.48. The molecule has 1 aromatic rings. The molecule has 4 fully saturated rings. The number of amides is 1. The second-order valence-electron chi connectivity index (χ2n) is 6.95. The fourth-order valence-electron chi connectivity index (χ4n) is 4.19. The third-order valence-corrected chi connectivity index (χ3v) is 6.22. The van der Waals surface area contributed by atoms with Gasteiger partial charge in [0.05, 0.1) is 16.8 Å². The van der Waals surface area contributed by atoms with E-state index >= 15 is 0 Å². The first kappa shape index (κ1) is 15.2. The molecule has 0 atom stereocenters. The van der Waals surface area contributed by atoms with Crippen molar-refractivity contribution in [1.29, 1.82) is 0 Å². The molecule has 1 amide bonds. The Balaban J connectivity index is 1.33. The summed E-state index contributed by atoms with van der Waals surface area (Å²) in [6.45, 7) is 0. The number of nitrogens with one attached hydrogen (secondary N) is 1. The lowest BCUT2D eigenvalue weighted by molar-refractivity contribution is -0.351. The summed E-state index contributed by atoms with van der Waals surface area (Å²) in [7, 11) is 0. The third kappa shape index (κ3) is 2.50. The van der Waals surface area contributed by atoms with Crippen LogP contribution in [0.2, 0.25) is 0 Å². The van der Waals surface area contributed by atoms with Crippen molar-refractivity contribution in [1.82, 2.24) is 10.3 Å². The molecule has 4 aliphatic rings. The standard InChI is InChI=1S/C14H15F3N2O3S/c15-14(16,17)22-8-1-7(2-8)10-18-9(3-23-10)12-4-13(5-12,6-12)19-11(20)21/h3,7-8,19H,1-2,4-6H2,(H,20,21). The van der Waals surface area contributed by atoms with Gasteiger partial charge >= 0.3 is 12.5 Å². The Labute approximate surface area is 133 Å². The SMILES string of the molecule is O=C(O)NC12CC(c3csc(C4CC(OC(F)(F)F)C4)n3)(C1)C2. The summed E-state index contributed by atoms with van der Waals surface area (Å²) in [5.41, 5.74) is 0.660. The van der Waals surface area contributed by atoms with Crippen molar-refractivity contribution in [2.75, 3.05) is 0 Å². The van der Waals surface area contributed by atoms with Crippen LogP contribution in [0.25, 0.3) is 0 Å². The normalized spacial score (nSPS) is 38.2. The number of rotatable bonds is 4. The molecular weight excluding hydrogens is 333 g/mol. The molecule has 23 heavy (non-hydrogen) atoms. The van der Waals surface area contributed by atoms with Gasteiger partial charge in [0.2, 0.25) is 0 Å². The fraction of sp³-hybridized carbons (Fsp3) is 0.714. The Morgan fingerprint density at radius 2 is 2.04 bits per heavy atom. The summed E-state index contributed by atoms with van der Waals surface area (Å²) in [5, 5.41) is 14.2. The van der Waals surface area contributed by atoms with E-state index in [1.807, 2.05) is 5.38 Å². The van der Waals surface area contributed by atoms with Crippen molar-refractivity contribution in [3.05, 3.63) is 16.1 Å². The summed E-state index contributed by atoms with van der Waals surface area (Å²) in [6.07, 6.45) is -3.33. The van der Waals surface area contributed by atoms with Crippen molar-refractivity contribution in [3.63, 3.8) is 0 Å². The predicted molar refractivity (Wildman–Crippen MR) is 74.4 cm³/mol. The average Bonchev–Trinajstić information content (AvgIpc) is 2.73. The van der Waals surface area contributed by atoms with Gasteiger partial charge in [-0.05, 0) is 32.1 Å². The van der Waals surface area contributed by atoms with Gasteiger partial charge in [-0.25, -0.2) is 9.78 Å². The molecule has 5 nitrogen and oxygen atoms in total. The molecule has 1 heterocycles. The van der Waals surface area contributed by atoms with Crippen LogP contribution in [0, 0.1) is 0 Å². The highest BCUT2D eigenvalue weighted by atomic mass is 32.1. The molecule has 4 saturated carbocycles. The Hall–Kier alpha value is -1.35. The summed E-state index contributed by atoms with van der Waals surface area (Å²) < 4.78 is 40.4. The minimum atomic E-state index is -4.57. The van der Waals surface area contributed by atoms with Gasteiger partial charge in [0.25, 0.3) is 0 Å². The third-order valence-electron chi connectivity index (χ3n) is 5.21. The number of nitrogens with zero attached hydrogens (tertiary/aromatic N) is 1. The van der Waals surface area contributed by atoms with Crippen LogP contribution in [0.15, 0.2) is 5.38 Å². The number of thiazole rings is 1. The van der Waals surface area contributed by atoms with E-state index in [4.69, 9.17) is 5.11 Å². The first-order chi connectivity index (χ1) is 10.7. The first-order valence-electron chi connectivity index (χ1n) is 7.40. The van der Waals surface area contributed by atoms with E-state index in [0.717, 1.165) is 30.0 Å². The van der Waals surface area contributed by atoms with Gasteiger partial charge in [0.1, 0.15) is 0 Å². The van der Waals surface area contributed by atoms with E-state index in [1.54, 1.807) is 0 Å². The molecule has 5 rings (SSSR count). The van der Waals surface area contributed by atoms with Crippen molar-refractivity contribution < 1.29 is 27.8 Å². The van der Waals surface area contributed by atoms with Gasteiger partial charge in [-0.3, -0.25) is 4.74 Å². The maximum atomic E-state index is 12.1. The number of carboxylic acid groups (broad SMARTS) is 1. The number of carbonyl (C=O) groups is 1. The van der Waals surface area contributed by atoms with Gasteiger partial charge in [-0.2, -0.15) is 0 Å². The Morgan fingerprint density at radius 3 is 2.61 bits per heavy atom. The second kappa shape index (κ2) is 4.60. The van der Waals surface area contributed by atoms with E-state index in [9.17, 15) is 18.0 Å². The average molecular weight is 348 g/mol. The Kier molecular flexibility index (Phi) is 3.04. The summed E-state index contributed by atoms with van der Waals surface area (Å²) in [4.78, 5) is 15.3. The molecule has 0 saturated heterocycles. The molecule has 0 aromatic carbocycles. The smallest absolute Gasteiger partial charge is 0.465 e. The van der Waals surface area contributed by atoms with E-state index in [1.165, 1.54) is 11.3 Å². The molecule has 9 heteroatoms. The lowest BCUT2D eigenvalue weighted by atomic mass is 9.38. The van der Waals surface area contributed by atoms with Crippen LogP contribution >= 0.6 is 11.3 Å². The van der Waals surface area contributed by atoms with Crippen LogP contribution < -0.4 is 5.32 Å². The van der Waals surface area contributed by atoms with E-state index in [2.05, 4.69) is 15.0 Å². The zero-order valence-electron chi connectivity index (χ0n) is 12.0. The summed E-state index contributed by atoms with van der Waals surface area (Å²) in [5.74, 6) is 0.0413. The lowest BCUT2D eigenvalue weighted by Gasteiger charge is -2.69. The molecule has 4 aliphatic carbocycles. The largest absolute Gasteiger partial charge is 0.522 e. The number of alkyl halides is 3. The Bertz CT molecular complexity index is 634. The quantitative estimate of drug-likeness (QED) is 0.875. The fourth-order valence-corrected chi connectivity index (χ4v) is 5.26. The monoisotopic (exact) mass is 348 g/mol. The predicted octanol–water partition coefficient (Wildman–Crippen LogP) is 3.37. The van der Waals surface area contributed by atoms with Crippen LogP contribution in [0.3, 0.4) is 0 Å². The van der Waals surface area contributed by atoms with E-state index in [-0.39, 0.29) is 16.9 Å². The minimum absolute atomic E-state index is 0.0250. The van der Waals surface area contributed by atoms with E-state index in [0.29, 0.717) is 12.8 Å². The van der Waals surface area contributed by atoms with Gasteiger partial charge in [0.15, 0.2) is 0 Å². The molecular formula is C14H15F3N2O3S. The topological polar surface area (TPSA) is 71.5 Å². The molecule has 2 N–H and O–H groups in total. The highest BCUT2D eigenvalue weighted by Crippen LogP contribution is 2.67. The lowest BCUT2D eigenvalue weighted by Crippen LogP contribution is -2.76. The van der Waals surface area contributed by atoms with Gasteiger partial charge in [0, 0.05) is 22.3 Å². The minimum Gasteiger partial charge on any atom is -0.465 e. The number of hydrogen-bond acceptors (Lipinski definition) is 4. The van der Waals surface area contributed by atoms with Crippen molar-refractivity contribution in [3.8, 4) is 0 Å². The molecule has 0 unspecified atom stereocenters. The number of hydrogen-bond donors (Lipinski definition) is 2. The molecule has 1 aromatic heterocycles. The first-order valence-corrected chi connectivity index (χ1v) is 8.28. The number of halogens is 3. The molecule has 0 spiro atoms. The van der Waals surface area contributed by atoms with Gasteiger partial charge < -0.3 is 10.4 Å². The Morgan fingerprint density at radius 1 is 1.39 bits per heavy atom. The van der Waals surface area contributed by atoms with E-state index < -0.39 is 18.6 Å². The van der Waals surface area contributed by atoms with Crippen molar-refractivity contribution >= 4 is 17.4 Å². The van der Waals surface area contributed by atoms with Crippen LogP contribution in [0.1, 0.15) is 48.7 Å². The van der Waals surface area contributed by atoms with Crippen LogP contribution in [-0.4, -0.2) is 34.2 Å². The summed E-state index contributed by atoms with van der Waals surface area (Å²) in [6, 6.07) is 0. The van der Waals surface area contributed by atoms with Crippen LogP contribution in [0.5, 0.6) is 0 Å². The van der Waals surface area contributed by atoms with Gasteiger partial charge in [-0.15, -0.1) is 24.5 Å². The van der Waals surface area contributed by atoms with Crippen molar-refractivity contribution in [2.24, 2.45) is 0 Å². The molecule has 0 radical (unpaired) electrons.